The minimum atomic E-state index is -0.0996. The van der Waals surface area contributed by atoms with E-state index in [1.807, 2.05) is 54.6 Å². The molecule has 2 aromatic heterocycles. The van der Waals surface area contributed by atoms with Crippen LogP contribution >= 0.6 is 0 Å². The standard InChI is InChI=1S/C23H26N6O2/c1-15(12-16-8-4-7-11-20(16)31-3)25-21-13-17(26-22(24)27-21)14-29-19-10-6-5-9-18(19)28(2)23(29)30/h4-11,13,15H,12,14H2,1-3H3,(H3,24,25,26,27)/t15-/m1/s1. The van der Waals surface area contributed by atoms with Crippen LogP contribution in [0.25, 0.3) is 11.0 Å². The number of nitrogens with one attached hydrogen (secondary N) is 1. The number of aryl methyl sites for hydroxylation is 1. The highest BCUT2D eigenvalue weighted by Gasteiger charge is 2.14. The fourth-order valence-corrected chi connectivity index (χ4v) is 3.86. The number of imidazole rings is 1. The van der Waals surface area contributed by atoms with Gasteiger partial charge < -0.3 is 15.8 Å². The number of rotatable bonds is 7. The summed E-state index contributed by atoms with van der Waals surface area (Å²) in [6.07, 6.45) is 0.756. The molecule has 4 aromatic rings. The van der Waals surface area contributed by atoms with Crippen LogP contribution in [0.5, 0.6) is 5.75 Å². The van der Waals surface area contributed by atoms with Crippen LogP contribution in [0.2, 0.25) is 0 Å². The van der Waals surface area contributed by atoms with E-state index in [-0.39, 0.29) is 17.7 Å². The lowest BCUT2D eigenvalue weighted by Crippen LogP contribution is -2.24. The number of ether oxygens (including phenoxy) is 1. The van der Waals surface area contributed by atoms with Crippen molar-refractivity contribution in [3.05, 3.63) is 76.3 Å². The lowest BCUT2D eigenvalue weighted by Gasteiger charge is -2.17. The maximum Gasteiger partial charge on any atom is 0.329 e. The molecule has 0 spiro atoms. The number of aromatic nitrogens is 4. The van der Waals surface area contributed by atoms with E-state index in [0.29, 0.717) is 18.1 Å². The summed E-state index contributed by atoms with van der Waals surface area (Å²) >= 11 is 0. The van der Waals surface area contributed by atoms with Crippen molar-refractivity contribution in [3.8, 4) is 5.75 Å². The second-order valence-corrected chi connectivity index (χ2v) is 7.58. The van der Waals surface area contributed by atoms with E-state index in [0.717, 1.165) is 28.8 Å². The predicted octanol–water partition coefficient (Wildman–Crippen LogP) is 2.81. The average Bonchev–Trinajstić information content (AvgIpc) is 2.99. The van der Waals surface area contributed by atoms with Crippen molar-refractivity contribution in [2.75, 3.05) is 18.2 Å². The predicted molar refractivity (Wildman–Crippen MR) is 123 cm³/mol. The van der Waals surface area contributed by atoms with Crippen molar-refractivity contribution >= 4 is 22.8 Å². The van der Waals surface area contributed by atoms with E-state index >= 15 is 0 Å². The van der Waals surface area contributed by atoms with Gasteiger partial charge in [0.25, 0.3) is 0 Å². The Balaban J connectivity index is 1.57. The zero-order chi connectivity index (χ0) is 22.0. The molecule has 2 aromatic carbocycles. The Bertz CT molecular complexity index is 1280. The Hall–Kier alpha value is -3.81. The number of hydrogen-bond donors (Lipinski definition) is 2. The van der Waals surface area contributed by atoms with E-state index in [9.17, 15) is 4.79 Å². The van der Waals surface area contributed by atoms with Gasteiger partial charge in [0.1, 0.15) is 11.6 Å². The summed E-state index contributed by atoms with van der Waals surface area (Å²) in [5.41, 5.74) is 9.37. The fraction of sp³-hybridized carbons (Fsp3) is 0.261. The summed E-state index contributed by atoms with van der Waals surface area (Å²) in [7, 11) is 3.44. The molecule has 0 saturated heterocycles. The second-order valence-electron chi connectivity index (χ2n) is 7.58. The Kier molecular flexibility index (Phi) is 5.62. The summed E-state index contributed by atoms with van der Waals surface area (Å²) in [5, 5.41) is 3.39. The first-order chi connectivity index (χ1) is 15.0. The molecule has 0 aliphatic heterocycles. The van der Waals surface area contributed by atoms with Crippen molar-refractivity contribution < 1.29 is 4.74 Å². The van der Waals surface area contributed by atoms with Gasteiger partial charge in [-0.1, -0.05) is 30.3 Å². The summed E-state index contributed by atoms with van der Waals surface area (Å²) in [6, 6.07) is 17.5. The van der Waals surface area contributed by atoms with Crippen LogP contribution in [0.3, 0.4) is 0 Å². The maximum atomic E-state index is 12.7. The Morgan fingerprint density at radius 3 is 2.58 bits per heavy atom. The minimum absolute atomic E-state index is 0.0822. The fourth-order valence-electron chi connectivity index (χ4n) is 3.86. The highest BCUT2D eigenvalue weighted by atomic mass is 16.5. The topological polar surface area (TPSA) is 100.0 Å². The monoisotopic (exact) mass is 418 g/mol. The third-order valence-corrected chi connectivity index (χ3v) is 5.28. The molecule has 8 nitrogen and oxygen atoms in total. The van der Waals surface area contributed by atoms with Crippen LogP contribution in [0.15, 0.2) is 59.4 Å². The van der Waals surface area contributed by atoms with Gasteiger partial charge in [-0.2, -0.15) is 4.98 Å². The van der Waals surface area contributed by atoms with Crippen LogP contribution in [0.1, 0.15) is 18.2 Å². The van der Waals surface area contributed by atoms with Gasteiger partial charge in [0.2, 0.25) is 5.95 Å². The summed E-state index contributed by atoms with van der Waals surface area (Å²) in [6.45, 7) is 2.38. The summed E-state index contributed by atoms with van der Waals surface area (Å²) in [4.78, 5) is 21.4. The zero-order valence-corrected chi connectivity index (χ0v) is 17.9. The van der Waals surface area contributed by atoms with Gasteiger partial charge in [-0.3, -0.25) is 9.13 Å². The summed E-state index contributed by atoms with van der Waals surface area (Å²) in [5.74, 6) is 1.64. The van der Waals surface area contributed by atoms with Crippen molar-refractivity contribution in [3.63, 3.8) is 0 Å². The lowest BCUT2D eigenvalue weighted by molar-refractivity contribution is 0.409. The molecule has 0 radical (unpaired) electrons. The number of fused-ring (bicyclic) bond motifs is 1. The van der Waals surface area contributed by atoms with E-state index in [4.69, 9.17) is 10.5 Å². The second kappa shape index (κ2) is 8.51. The molecule has 0 unspecified atom stereocenters. The molecule has 0 amide bonds. The van der Waals surface area contributed by atoms with Crippen molar-refractivity contribution in [2.45, 2.75) is 25.9 Å². The molecule has 1 atom stereocenters. The van der Waals surface area contributed by atoms with Crippen LogP contribution in [0.4, 0.5) is 11.8 Å². The number of nitrogens with two attached hydrogens (primary N) is 1. The molecule has 3 N–H and O–H groups in total. The molecule has 0 aliphatic carbocycles. The number of benzene rings is 2. The SMILES string of the molecule is COc1ccccc1C[C@@H](C)Nc1cc(Cn2c(=O)n(C)c3ccccc32)nc(N)n1. The number of para-hydroxylation sites is 3. The smallest absolute Gasteiger partial charge is 0.329 e. The normalized spacial score (nSPS) is 12.1. The zero-order valence-electron chi connectivity index (χ0n) is 17.9. The van der Waals surface area contributed by atoms with Crippen molar-refractivity contribution in [2.24, 2.45) is 7.05 Å². The Labute approximate surface area is 180 Å². The van der Waals surface area contributed by atoms with Gasteiger partial charge in [-0.15, -0.1) is 0 Å². The van der Waals surface area contributed by atoms with E-state index in [2.05, 4.69) is 22.2 Å². The van der Waals surface area contributed by atoms with Crippen LogP contribution in [-0.4, -0.2) is 32.3 Å². The molecule has 2 heterocycles. The van der Waals surface area contributed by atoms with E-state index < -0.39 is 0 Å². The van der Waals surface area contributed by atoms with Crippen LogP contribution in [0, 0.1) is 0 Å². The number of nitrogens with zero attached hydrogens (tertiary/aromatic N) is 4. The van der Waals surface area contributed by atoms with E-state index in [1.54, 1.807) is 23.3 Å². The molecule has 4 rings (SSSR count). The first-order valence-electron chi connectivity index (χ1n) is 10.1. The number of hydrogen-bond acceptors (Lipinski definition) is 6. The first kappa shape index (κ1) is 20.5. The first-order valence-corrected chi connectivity index (χ1v) is 10.1. The van der Waals surface area contributed by atoms with Crippen LogP contribution < -0.4 is 21.5 Å². The Morgan fingerprint density at radius 2 is 1.81 bits per heavy atom. The molecule has 31 heavy (non-hydrogen) atoms. The Morgan fingerprint density at radius 1 is 1.10 bits per heavy atom. The van der Waals surface area contributed by atoms with Gasteiger partial charge >= 0.3 is 5.69 Å². The highest BCUT2D eigenvalue weighted by molar-refractivity contribution is 5.76. The van der Waals surface area contributed by atoms with E-state index in [1.165, 1.54) is 0 Å². The highest BCUT2D eigenvalue weighted by Crippen LogP contribution is 2.21. The lowest BCUT2D eigenvalue weighted by atomic mass is 10.1. The average molecular weight is 419 g/mol. The minimum Gasteiger partial charge on any atom is -0.496 e. The third kappa shape index (κ3) is 4.23. The van der Waals surface area contributed by atoms with Gasteiger partial charge in [-0.25, -0.2) is 9.78 Å². The van der Waals surface area contributed by atoms with Crippen molar-refractivity contribution in [1.82, 2.24) is 19.1 Å². The quantitative estimate of drug-likeness (QED) is 0.479. The number of anilines is 2. The molecule has 0 saturated carbocycles. The number of methoxy groups -OCH3 is 1. The largest absolute Gasteiger partial charge is 0.496 e. The van der Waals surface area contributed by atoms with Gasteiger partial charge in [0.05, 0.1) is 30.4 Å². The molecular weight excluding hydrogens is 392 g/mol. The third-order valence-electron chi connectivity index (χ3n) is 5.28. The molecule has 160 valence electrons. The molecule has 0 fully saturated rings. The van der Waals surface area contributed by atoms with Crippen molar-refractivity contribution in [1.29, 1.82) is 0 Å². The molecule has 8 heteroatoms. The molecule has 0 aliphatic rings. The van der Waals surface area contributed by atoms with Gasteiger partial charge in [0, 0.05) is 19.2 Å². The van der Waals surface area contributed by atoms with Crippen LogP contribution in [-0.2, 0) is 20.0 Å². The maximum absolute atomic E-state index is 12.7. The van der Waals surface area contributed by atoms with Gasteiger partial charge in [0.15, 0.2) is 0 Å². The molecule has 0 bridgehead atoms. The summed E-state index contributed by atoms with van der Waals surface area (Å²) < 4.78 is 8.77. The molecular formula is C23H26N6O2. The number of nitrogen functional groups attached to an aromatic ring is 1. The van der Waals surface area contributed by atoms with Gasteiger partial charge in [-0.05, 0) is 37.1 Å².